The van der Waals surface area contributed by atoms with E-state index in [9.17, 15) is 9.90 Å². The molecule has 0 amide bonds. The molecule has 1 saturated carbocycles. The number of carboxylic acid groups (broad SMARTS) is 1. The lowest BCUT2D eigenvalue weighted by Crippen LogP contribution is -2.16. The summed E-state index contributed by atoms with van der Waals surface area (Å²) >= 11 is 0. The number of nitrogens with zero attached hydrogens (tertiary/aromatic N) is 2. The molecule has 0 unspecified atom stereocenters. The van der Waals surface area contributed by atoms with Crippen LogP contribution in [-0.4, -0.2) is 20.6 Å². The van der Waals surface area contributed by atoms with Gasteiger partial charge in [0.1, 0.15) is 0 Å². The molecule has 0 aromatic carbocycles. The van der Waals surface area contributed by atoms with Crippen molar-refractivity contribution >= 4 is 5.97 Å². The normalized spacial score (nSPS) is 20.5. The zero-order chi connectivity index (χ0) is 11.8. The Morgan fingerprint density at radius 1 is 1.24 bits per heavy atom. The molecule has 4 nitrogen and oxygen atoms in total. The highest BCUT2D eigenvalue weighted by atomic mass is 16.4. The Morgan fingerprint density at radius 2 is 2.00 bits per heavy atom. The average molecular weight is 234 g/mol. The van der Waals surface area contributed by atoms with Gasteiger partial charge in [-0.05, 0) is 32.1 Å². The van der Waals surface area contributed by atoms with Gasteiger partial charge >= 0.3 is 5.97 Å². The van der Waals surface area contributed by atoms with Crippen LogP contribution in [-0.2, 0) is 13.0 Å². The Kier molecular flexibility index (Phi) is 2.65. The van der Waals surface area contributed by atoms with Crippen LogP contribution in [0.2, 0.25) is 0 Å². The second-order valence-corrected chi connectivity index (χ2v) is 5.16. The number of carbonyl (C=O) groups is 1. The Bertz CT molecular complexity index is 445. The van der Waals surface area contributed by atoms with E-state index in [0.717, 1.165) is 25.1 Å². The summed E-state index contributed by atoms with van der Waals surface area (Å²) in [6.07, 6.45) is 8.15. The maximum absolute atomic E-state index is 11.2. The summed E-state index contributed by atoms with van der Waals surface area (Å²) in [4.78, 5) is 15.7. The number of imidazole rings is 1. The Balaban J connectivity index is 2.05. The van der Waals surface area contributed by atoms with Gasteiger partial charge in [0.2, 0.25) is 5.82 Å². The van der Waals surface area contributed by atoms with E-state index in [1.54, 1.807) is 0 Å². The minimum atomic E-state index is -0.877. The number of carboxylic acids is 1. The molecule has 2 heterocycles. The summed E-state index contributed by atoms with van der Waals surface area (Å²) in [5, 5.41) is 9.21. The van der Waals surface area contributed by atoms with E-state index < -0.39 is 5.97 Å². The van der Waals surface area contributed by atoms with Crippen molar-refractivity contribution in [2.75, 3.05) is 0 Å². The molecule has 92 valence electrons. The van der Waals surface area contributed by atoms with E-state index in [1.807, 2.05) is 4.57 Å². The SMILES string of the molecule is O=C(O)c1nc(C2CCCC2)c2n1CCCC2. The maximum Gasteiger partial charge on any atom is 0.372 e. The molecular weight excluding hydrogens is 216 g/mol. The van der Waals surface area contributed by atoms with Crippen LogP contribution >= 0.6 is 0 Å². The lowest BCUT2D eigenvalue weighted by molar-refractivity contribution is 0.0676. The molecule has 1 N–H and O–H groups in total. The smallest absolute Gasteiger partial charge is 0.372 e. The summed E-state index contributed by atoms with van der Waals surface area (Å²) in [5.41, 5.74) is 2.31. The van der Waals surface area contributed by atoms with Crippen LogP contribution in [0.4, 0.5) is 0 Å². The molecule has 1 aliphatic heterocycles. The Labute approximate surface area is 101 Å². The van der Waals surface area contributed by atoms with Gasteiger partial charge in [0.15, 0.2) is 0 Å². The van der Waals surface area contributed by atoms with Gasteiger partial charge in [-0.2, -0.15) is 0 Å². The van der Waals surface area contributed by atoms with Crippen LogP contribution in [0.3, 0.4) is 0 Å². The first-order valence-electron chi connectivity index (χ1n) is 6.60. The molecular formula is C13H18N2O2. The van der Waals surface area contributed by atoms with Crippen molar-refractivity contribution in [2.45, 2.75) is 57.4 Å². The van der Waals surface area contributed by atoms with Crippen LogP contribution in [0, 0.1) is 0 Å². The summed E-state index contributed by atoms with van der Waals surface area (Å²) in [7, 11) is 0. The van der Waals surface area contributed by atoms with E-state index in [2.05, 4.69) is 4.98 Å². The highest BCUT2D eigenvalue weighted by Gasteiger charge is 2.29. The fourth-order valence-corrected chi connectivity index (χ4v) is 3.26. The molecule has 1 aromatic heterocycles. The minimum Gasteiger partial charge on any atom is -0.475 e. The Hall–Kier alpha value is -1.32. The zero-order valence-corrected chi connectivity index (χ0v) is 9.98. The van der Waals surface area contributed by atoms with E-state index in [1.165, 1.54) is 37.8 Å². The molecule has 1 aromatic rings. The fourth-order valence-electron chi connectivity index (χ4n) is 3.26. The lowest BCUT2D eigenvalue weighted by Gasteiger charge is -2.17. The van der Waals surface area contributed by atoms with Crippen molar-refractivity contribution in [2.24, 2.45) is 0 Å². The van der Waals surface area contributed by atoms with E-state index >= 15 is 0 Å². The summed E-state index contributed by atoms with van der Waals surface area (Å²) < 4.78 is 1.94. The topological polar surface area (TPSA) is 55.1 Å². The summed E-state index contributed by atoms with van der Waals surface area (Å²) in [6.45, 7) is 0.830. The molecule has 0 bridgehead atoms. The average Bonchev–Trinajstić information content (AvgIpc) is 2.95. The number of aromatic carboxylic acids is 1. The van der Waals surface area contributed by atoms with Gasteiger partial charge in [-0.3, -0.25) is 0 Å². The molecule has 0 radical (unpaired) electrons. The predicted molar refractivity (Wildman–Crippen MR) is 63.3 cm³/mol. The molecule has 0 saturated heterocycles. The second-order valence-electron chi connectivity index (χ2n) is 5.16. The van der Waals surface area contributed by atoms with Crippen molar-refractivity contribution in [1.82, 2.24) is 9.55 Å². The number of aromatic nitrogens is 2. The van der Waals surface area contributed by atoms with Crippen molar-refractivity contribution in [3.05, 3.63) is 17.2 Å². The largest absolute Gasteiger partial charge is 0.475 e. The molecule has 2 aliphatic rings. The first-order valence-corrected chi connectivity index (χ1v) is 6.60. The first kappa shape index (κ1) is 10.8. The fraction of sp³-hybridized carbons (Fsp3) is 0.692. The molecule has 17 heavy (non-hydrogen) atoms. The van der Waals surface area contributed by atoms with Crippen LogP contribution in [0.1, 0.15) is 66.4 Å². The van der Waals surface area contributed by atoms with Crippen LogP contribution < -0.4 is 0 Å². The quantitative estimate of drug-likeness (QED) is 0.855. The van der Waals surface area contributed by atoms with Gasteiger partial charge in [-0.25, -0.2) is 9.78 Å². The molecule has 0 spiro atoms. The van der Waals surface area contributed by atoms with Crippen molar-refractivity contribution in [1.29, 1.82) is 0 Å². The van der Waals surface area contributed by atoms with Gasteiger partial charge in [0, 0.05) is 18.2 Å². The van der Waals surface area contributed by atoms with Gasteiger partial charge < -0.3 is 9.67 Å². The molecule has 0 atom stereocenters. The highest BCUT2D eigenvalue weighted by molar-refractivity contribution is 5.84. The predicted octanol–water partition coefficient (Wildman–Crippen LogP) is 2.58. The van der Waals surface area contributed by atoms with Gasteiger partial charge in [-0.15, -0.1) is 0 Å². The zero-order valence-electron chi connectivity index (χ0n) is 9.98. The van der Waals surface area contributed by atoms with Crippen molar-refractivity contribution in [3.63, 3.8) is 0 Å². The van der Waals surface area contributed by atoms with Gasteiger partial charge in [0.05, 0.1) is 5.69 Å². The van der Waals surface area contributed by atoms with Crippen molar-refractivity contribution in [3.8, 4) is 0 Å². The molecule has 4 heteroatoms. The summed E-state index contributed by atoms with van der Waals surface area (Å²) in [5.74, 6) is -0.0959. The van der Waals surface area contributed by atoms with E-state index in [0.29, 0.717) is 5.92 Å². The maximum atomic E-state index is 11.2. The number of hydrogen-bond donors (Lipinski definition) is 1. The van der Waals surface area contributed by atoms with E-state index in [-0.39, 0.29) is 5.82 Å². The van der Waals surface area contributed by atoms with Gasteiger partial charge in [0.25, 0.3) is 0 Å². The summed E-state index contributed by atoms with van der Waals surface area (Å²) in [6, 6.07) is 0. The van der Waals surface area contributed by atoms with E-state index in [4.69, 9.17) is 0 Å². The number of fused-ring (bicyclic) bond motifs is 1. The monoisotopic (exact) mass is 234 g/mol. The number of rotatable bonds is 2. The van der Waals surface area contributed by atoms with Gasteiger partial charge in [-0.1, -0.05) is 12.8 Å². The minimum absolute atomic E-state index is 0.265. The highest BCUT2D eigenvalue weighted by Crippen LogP contribution is 2.37. The van der Waals surface area contributed by atoms with Crippen LogP contribution in [0.25, 0.3) is 0 Å². The van der Waals surface area contributed by atoms with Crippen LogP contribution in [0.15, 0.2) is 0 Å². The molecule has 3 rings (SSSR count). The first-order chi connectivity index (χ1) is 8.27. The van der Waals surface area contributed by atoms with Crippen molar-refractivity contribution < 1.29 is 9.90 Å². The Morgan fingerprint density at radius 3 is 2.71 bits per heavy atom. The second kappa shape index (κ2) is 4.17. The van der Waals surface area contributed by atoms with Crippen LogP contribution in [0.5, 0.6) is 0 Å². The third-order valence-electron chi connectivity index (χ3n) is 4.08. The standard InChI is InChI=1S/C13H18N2O2/c16-13(17)12-14-11(9-5-1-2-6-9)10-7-3-4-8-15(10)12/h9H,1-8H2,(H,16,17). The molecule has 1 aliphatic carbocycles. The lowest BCUT2D eigenvalue weighted by atomic mass is 9.98. The number of hydrogen-bond acceptors (Lipinski definition) is 2. The molecule has 1 fully saturated rings. The third kappa shape index (κ3) is 1.75. The third-order valence-corrected chi connectivity index (χ3v) is 4.08.